The van der Waals surface area contributed by atoms with Crippen molar-refractivity contribution in [3.05, 3.63) is 23.8 Å². The van der Waals surface area contributed by atoms with E-state index in [1.54, 1.807) is 11.9 Å². The molecule has 0 bridgehead atoms. The van der Waals surface area contributed by atoms with Crippen molar-refractivity contribution in [2.45, 2.75) is 19.9 Å². The van der Waals surface area contributed by atoms with Gasteiger partial charge in [-0.1, -0.05) is 6.07 Å². The number of fused-ring (bicyclic) bond motifs is 1. The lowest BCUT2D eigenvalue weighted by atomic mass is 10.1. The van der Waals surface area contributed by atoms with Gasteiger partial charge in [-0.15, -0.1) is 0 Å². The van der Waals surface area contributed by atoms with Crippen LogP contribution in [0.2, 0.25) is 0 Å². The summed E-state index contributed by atoms with van der Waals surface area (Å²) in [6.07, 6.45) is 0. The van der Waals surface area contributed by atoms with Crippen molar-refractivity contribution >= 4 is 5.91 Å². The van der Waals surface area contributed by atoms with Crippen LogP contribution in [-0.4, -0.2) is 44.2 Å². The van der Waals surface area contributed by atoms with Crippen LogP contribution in [0.4, 0.5) is 0 Å². The molecule has 0 saturated carbocycles. The highest BCUT2D eigenvalue weighted by molar-refractivity contribution is 5.77. The zero-order valence-corrected chi connectivity index (χ0v) is 12.3. The number of rotatable bonds is 5. The van der Waals surface area contributed by atoms with Crippen molar-refractivity contribution in [3.8, 4) is 11.5 Å². The number of ether oxygens (including phenoxy) is 2. The summed E-state index contributed by atoms with van der Waals surface area (Å²) in [5, 5.41) is 3.23. The molecule has 1 aromatic rings. The first-order chi connectivity index (χ1) is 9.61. The summed E-state index contributed by atoms with van der Waals surface area (Å²) in [4.78, 5) is 13.5. The van der Waals surface area contributed by atoms with Crippen LogP contribution < -0.4 is 14.8 Å². The summed E-state index contributed by atoms with van der Waals surface area (Å²) in [6, 6.07) is 5.97. The van der Waals surface area contributed by atoms with E-state index in [0.29, 0.717) is 19.8 Å². The van der Waals surface area contributed by atoms with Gasteiger partial charge in [-0.2, -0.15) is 0 Å². The van der Waals surface area contributed by atoms with Crippen molar-refractivity contribution in [2.75, 3.05) is 33.4 Å². The Morgan fingerprint density at radius 1 is 1.35 bits per heavy atom. The van der Waals surface area contributed by atoms with Crippen LogP contribution in [0.15, 0.2) is 18.2 Å². The van der Waals surface area contributed by atoms with E-state index in [9.17, 15) is 4.79 Å². The summed E-state index contributed by atoms with van der Waals surface area (Å²) in [6.45, 7) is 6.22. The third-order valence-electron chi connectivity index (χ3n) is 3.53. The minimum Gasteiger partial charge on any atom is -0.486 e. The van der Waals surface area contributed by atoms with Gasteiger partial charge in [0, 0.05) is 19.6 Å². The predicted octanol–water partition coefficient (Wildman–Crippen LogP) is 1.59. The quantitative estimate of drug-likeness (QED) is 0.888. The van der Waals surface area contributed by atoms with E-state index < -0.39 is 0 Å². The van der Waals surface area contributed by atoms with Gasteiger partial charge in [0.1, 0.15) is 13.2 Å². The van der Waals surface area contributed by atoms with Gasteiger partial charge < -0.3 is 19.7 Å². The molecule has 5 heteroatoms. The van der Waals surface area contributed by atoms with Crippen LogP contribution >= 0.6 is 0 Å². The van der Waals surface area contributed by atoms with E-state index in [1.807, 2.05) is 32.0 Å². The summed E-state index contributed by atoms with van der Waals surface area (Å²) < 4.78 is 11.1. The molecular weight excluding hydrogens is 256 g/mol. The van der Waals surface area contributed by atoms with E-state index in [1.165, 1.54) is 0 Å². The number of likely N-dealkylation sites (N-methyl/N-ethyl adjacent to an activating group) is 1. The molecule has 0 aromatic heterocycles. The molecule has 20 heavy (non-hydrogen) atoms. The van der Waals surface area contributed by atoms with E-state index in [2.05, 4.69) is 5.32 Å². The molecule has 1 unspecified atom stereocenters. The van der Waals surface area contributed by atoms with Gasteiger partial charge >= 0.3 is 0 Å². The molecule has 0 fully saturated rings. The number of carbonyl (C=O) groups excluding carboxylic acids is 1. The first kappa shape index (κ1) is 14.7. The molecule has 0 spiro atoms. The summed E-state index contributed by atoms with van der Waals surface area (Å²) in [5.74, 6) is 1.66. The average molecular weight is 278 g/mol. The molecule has 1 amide bonds. The summed E-state index contributed by atoms with van der Waals surface area (Å²) in [7, 11) is 1.80. The van der Waals surface area contributed by atoms with Gasteiger partial charge in [0.25, 0.3) is 0 Å². The van der Waals surface area contributed by atoms with Crippen LogP contribution in [0.25, 0.3) is 0 Å². The Balaban J connectivity index is 1.95. The third-order valence-corrected chi connectivity index (χ3v) is 3.53. The zero-order chi connectivity index (χ0) is 14.5. The standard InChI is InChI=1S/C15H22N2O3/c1-4-17(3)15(18)10-16-11(2)12-5-6-13-14(9-12)20-8-7-19-13/h5-6,9,11,16H,4,7-8,10H2,1-3H3. The maximum Gasteiger partial charge on any atom is 0.236 e. The van der Waals surface area contributed by atoms with E-state index in [4.69, 9.17) is 9.47 Å². The summed E-state index contributed by atoms with van der Waals surface area (Å²) in [5.41, 5.74) is 1.08. The van der Waals surface area contributed by atoms with Crippen molar-refractivity contribution in [1.29, 1.82) is 0 Å². The largest absolute Gasteiger partial charge is 0.486 e. The van der Waals surface area contributed by atoms with E-state index in [-0.39, 0.29) is 11.9 Å². The number of hydrogen-bond donors (Lipinski definition) is 1. The van der Waals surface area contributed by atoms with Gasteiger partial charge in [0.15, 0.2) is 11.5 Å². The number of carbonyl (C=O) groups is 1. The van der Waals surface area contributed by atoms with Crippen molar-refractivity contribution < 1.29 is 14.3 Å². The van der Waals surface area contributed by atoms with Crippen molar-refractivity contribution in [3.63, 3.8) is 0 Å². The van der Waals surface area contributed by atoms with Crippen LogP contribution in [0.5, 0.6) is 11.5 Å². The number of hydrogen-bond acceptors (Lipinski definition) is 4. The number of amides is 1. The predicted molar refractivity (Wildman–Crippen MR) is 77.2 cm³/mol. The SMILES string of the molecule is CCN(C)C(=O)CNC(C)c1ccc2c(c1)OCCO2. The highest BCUT2D eigenvalue weighted by Gasteiger charge is 2.15. The molecule has 1 aliphatic rings. The second-order valence-electron chi connectivity index (χ2n) is 4.91. The smallest absolute Gasteiger partial charge is 0.236 e. The van der Waals surface area contributed by atoms with Crippen LogP contribution in [0, 0.1) is 0 Å². The van der Waals surface area contributed by atoms with Crippen molar-refractivity contribution in [1.82, 2.24) is 10.2 Å². The minimum atomic E-state index is 0.0834. The van der Waals surface area contributed by atoms with Gasteiger partial charge in [-0.25, -0.2) is 0 Å². The maximum absolute atomic E-state index is 11.8. The molecular formula is C15H22N2O3. The third kappa shape index (κ3) is 3.42. The lowest BCUT2D eigenvalue weighted by Crippen LogP contribution is -2.36. The Hall–Kier alpha value is -1.75. The fraction of sp³-hybridized carbons (Fsp3) is 0.533. The molecule has 0 saturated heterocycles. The molecule has 0 aliphatic carbocycles. The van der Waals surface area contributed by atoms with Crippen molar-refractivity contribution in [2.24, 2.45) is 0 Å². The number of nitrogens with one attached hydrogen (secondary N) is 1. The molecule has 1 aliphatic heterocycles. The molecule has 1 N–H and O–H groups in total. The van der Waals surface area contributed by atoms with Crippen LogP contribution in [0.3, 0.4) is 0 Å². The number of benzene rings is 1. The van der Waals surface area contributed by atoms with Gasteiger partial charge in [-0.05, 0) is 31.5 Å². The Bertz CT molecular complexity index is 476. The molecule has 0 radical (unpaired) electrons. The normalized spacial score (nSPS) is 14.8. The monoisotopic (exact) mass is 278 g/mol. The highest BCUT2D eigenvalue weighted by Crippen LogP contribution is 2.32. The minimum absolute atomic E-state index is 0.0834. The van der Waals surface area contributed by atoms with Crippen LogP contribution in [-0.2, 0) is 4.79 Å². The second kappa shape index (κ2) is 6.61. The maximum atomic E-state index is 11.8. The summed E-state index contributed by atoms with van der Waals surface area (Å²) >= 11 is 0. The Labute approximate surface area is 119 Å². The molecule has 1 heterocycles. The van der Waals surface area contributed by atoms with E-state index >= 15 is 0 Å². The average Bonchev–Trinajstić information content (AvgIpc) is 2.50. The topological polar surface area (TPSA) is 50.8 Å². The zero-order valence-electron chi connectivity index (χ0n) is 12.3. The Morgan fingerprint density at radius 2 is 2.05 bits per heavy atom. The Morgan fingerprint density at radius 3 is 2.75 bits per heavy atom. The first-order valence-electron chi connectivity index (χ1n) is 6.98. The van der Waals surface area contributed by atoms with Crippen LogP contribution in [0.1, 0.15) is 25.5 Å². The molecule has 5 nitrogen and oxygen atoms in total. The van der Waals surface area contributed by atoms with Gasteiger partial charge in [0.2, 0.25) is 5.91 Å². The first-order valence-corrected chi connectivity index (χ1v) is 6.98. The van der Waals surface area contributed by atoms with Gasteiger partial charge in [0.05, 0.1) is 6.54 Å². The lowest BCUT2D eigenvalue weighted by Gasteiger charge is -2.21. The fourth-order valence-corrected chi connectivity index (χ4v) is 2.00. The highest BCUT2D eigenvalue weighted by atomic mass is 16.6. The Kier molecular flexibility index (Phi) is 4.84. The molecule has 110 valence electrons. The lowest BCUT2D eigenvalue weighted by molar-refractivity contribution is -0.128. The number of nitrogens with zero attached hydrogens (tertiary/aromatic N) is 1. The molecule has 2 rings (SSSR count). The molecule has 1 aromatic carbocycles. The van der Waals surface area contributed by atoms with Gasteiger partial charge in [-0.3, -0.25) is 4.79 Å². The molecule has 1 atom stereocenters. The van der Waals surface area contributed by atoms with E-state index in [0.717, 1.165) is 23.6 Å². The fourth-order valence-electron chi connectivity index (χ4n) is 2.00. The second-order valence-corrected chi connectivity index (χ2v) is 4.91.